The van der Waals surface area contributed by atoms with Crippen LogP contribution in [-0.2, 0) is 4.79 Å². The topological polar surface area (TPSA) is 78.3 Å². The summed E-state index contributed by atoms with van der Waals surface area (Å²) in [4.78, 5) is 23.0. The van der Waals surface area contributed by atoms with Crippen molar-refractivity contribution in [3.05, 3.63) is 47.6 Å². The number of nitrogens with zero attached hydrogens (tertiary/aromatic N) is 3. The molecule has 1 aromatic heterocycles. The number of fused-ring (bicyclic) bond motifs is 1. The first-order chi connectivity index (χ1) is 13.6. The highest BCUT2D eigenvalue weighted by molar-refractivity contribution is 5.91. The minimum Gasteiger partial charge on any atom is -0.481 e. The van der Waals surface area contributed by atoms with Gasteiger partial charge >= 0.3 is 5.97 Å². The molecule has 4 rings (SSSR count). The van der Waals surface area contributed by atoms with Crippen LogP contribution in [0, 0.1) is 12.8 Å². The fourth-order valence-electron chi connectivity index (χ4n) is 3.81. The number of aromatic nitrogens is 2. The first-order valence-corrected chi connectivity index (χ1v) is 9.97. The van der Waals surface area contributed by atoms with Crippen LogP contribution in [0.1, 0.15) is 31.2 Å². The van der Waals surface area contributed by atoms with Crippen molar-refractivity contribution in [2.45, 2.75) is 32.6 Å². The molecule has 2 aromatic rings. The van der Waals surface area contributed by atoms with E-state index < -0.39 is 11.9 Å². The Bertz CT molecular complexity index is 945. The van der Waals surface area contributed by atoms with Crippen LogP contribution < -0.4 is 10.2 Å². The molecule has 1 aliphatic carbocycles. The van der Waals surface area contributed by atoms with E-state index in [9.17, 15) is 4.79 Å². The van der Waals surface area contributed by atoms with E-state index >= 15 is 0 Å². The minimum absolute atomic E-state index is 0.422. The zero-order valence-electron chi connectivity index (χ0n) is 16.2. The van der Waals surface area contributed by atoms with Crippen molar-refractivity contribution in [1.82, 2.24) is 9.97 Å². The maximum atomic E-state index is 11.1. The highest BCUT2D eigenvalue weighted by Crippen LogP contribution is 2.28. The molecule has 6 heteroatoms. The molecule has 1 saturated heterocycles. The van der Waals surface area contributed by atoms with Crippen LogP contribution in [0.25, 0.3) is 10.9 Å². The average molecular weight is 378 g/mol. The Kier molecular flexibility index (Phi) is 5.28. The quantitative estimate of drug-likeness (QED) is 0.821. The van der Waals surface area contributed by atoms with Gasteiger partial charge in [-0.25, -0.2) is 4.98 Å². The predicted octanol–water partition coefficient (Wildman–Crippen LogP) is 3.93. The molecule has 1 aliphatic heterocycles. The molecule has 0 spiro atoms. The standard InChI is InChI=1S/C22H26N4O2/c1-15-5-10-19-18(13-15)20(26-11-3-2-4-12-26)25-22(24-19)23-14-16-6-8-17(9-7-16)21(27)28/h5-8,10,13,17H,2-4,9,11-12,14H2,1H3,(H,27,28)(H,23,24,25). The zero-order chi connectivity index (χ0) is 19.5. The molecule has 28 heavy (non-hydrogen) atoms. The lowest BCUT2D eigenvalue weighted by Crippen LogP contribution is -2.30. The van der Waals surface area contributed by atoms with Gasteiger partial charge in [0.05, 0.1) is 11.4 Å². The van der Waals surface area contributed by atoms with Crippen molar-refractivity contribution in [3.63, 3.8) is 0 Å². The van der Waals surface area contributed by atoms with E-state index in [0.717, 1.165) is 35.4 Å². The molecule has 146 valence electrons. The maximum absolute atomic E-state index is 11.1. The summed E-state index contributed by atoms with van der Waals surface area (Å²) in [6, 6.07) is 6.31. The molecular weight excluding hydrogens is 352 g/mol. The van der Waals surface area contributed by atoms with E-state index in [2.05, 4.69) is 35.3 Å². The van der Waals surface area contributed by atoms with E-state index in [4.69, 9.17) is 15.1 Å². The second-order valence-corrected chi connectivity index (χ2v) is 7.61. The molecule has 0 bridgehead atoms. The molecule has 1 unspecified atom stereocenters. The number of hydrogen-bond acceptors (Lipinski definition) is 5. The Balaban J connectivity index is 1.57. The van der Waals surface area contributed by atoms with E-state index in [0.29, 0.717) is 18.9 Å². The number of aryl methyl sites for hydroxylation is 1. The second-order valence-electron chi connectivity index (χ2n) is 7.61. The maximum Gasteiger partial charge on any atom is 0.310 e. The summed E-state index contributed by atoms with van der Waals surface area (Å²) < 4.78 is 0. The number of benzene rings is 1. The van der Waals surface area contributed by atoms with E-state index in [1.54, 1.807) is 6.08 Å². The number of carboxylic acid groups (broad SMARTS) is 1. The largest absolute Gasteiger partial charge is 0.481 e. The highest BCUT2D eigenvalue weighted by Gasteiger charge is 2.18. The third-order valence-electron chi connectivity index (χ3n) is 5.43. The van der Waals surface area contributed by atoms with Gasteiger partial charge in [0.2, 0.25) is 5.95 Å². The second kappa shape index (κ2) is 8.00. The molecular formula is C22H26N4O2. The molecule has 2 heterocycles. The third kappa shape index (κ3) is 4.01. The van der Waals surface area contributed by atoms with E-state index in [-0.39, 0.29) is 0 Å². The summed E-state index contributed by atoms with van der Waals surface area (Å²) >= 11 is 0. The molecule has 1 aromatic carbocycles. The molecule has 2 N–H and O–H groups in total. The van der Waals surface area contributed by atoms with Crippen LogP contribution in [0.3, 0.4) is 0 Å². The summed E-state index contributed by atoms with van der Waals surface area (Å²) in [7, 11) is 0. The molecule has 1 atom stereocenters. The lowest BCUT2D eigenvalue weighted by molar-refractivity contribution is -0.139. The molecule has 2 aliphatic rings. The molecule has 0 radical (unpaired) electrons. The van der Waals surface area contributed by atoms with Crippen molar-refractivity contribution < 1.29 is 9.90 Å². The molecule has 0 amide bonds. The van der Waals surface area contributed by atoms with Crippen molar-refractivity contribution in [2.24, 2.45) is 5.92 Å². The number of hydrogen-bond donors (Lipinski definition) is 2. The minimum atomic E-state index is -0.779. The monoisotopic (exact) mass is 378 g/mol. The van der Waals surface area contributed by atoms with Gasteiger partial charge in [0.25, 0.3) is 0 Å². The Morgan fingerprint density at radius 2 is 2.07 bits per heavy atom. The summed E-state index contributed by atoms with van der Waals surface area (Å²) in [5.41, 5.74) is 3.22. The van der Waals surface area contributed by atoms with Gasteiger partial charge in [-0.1, -0.05) is 29.9 Å². The fourth-order valence-corrected chi connectivity index (χ4v) is 3.81. The number of aliphatic carboxylic acids is 1. The van der Waals surface area contributed by atoms with Gasteiger partial charge in [0.1, 0.15) is 5.82 Å². The van der Waals surface area contributed by atoms with Gasteiger partial charge in [0, 0.05) is 25.0 Å². The lowest BCUT2D eigenvalue weighted by Gasteiger charge is -2.29. The number of carbonyl (C=O) groups is 1. The van der Waals surface area contributed by atoms with Gasteiger partial charge in [-0.2, -0.15) is 4.98 Å². The molecule has 0 saturated carbocycles. The Labute approximate surface area is 165 Å². The number of carboxylic acids is 1. The summed E-state index contributed by atoms with van der Waals surface area (Å²) in [6.07, 6.45) is 9.81. The summed E-state index contributed by atoms with van der Waals surface area (Å²) in [5.74, 6) is 0.426. The normalized spacial score (nSPS) is 19.5. The van der Waals surface area contributed by atoms with Crippen molar-refractivity contribution >= 4 is 28.6 Å². The van der Waals surface area contributed by atoms with Crippen LogP contribution in [0.4, 0.5) is 11.8 Å². The number of rotatable bonds is 5. The number of allylic oxidation sites excluding steroid dienone is 1. The van der Waals surface area contributed by atoms with Crippen LogP contribution in [0.15, 0.2) is 42.0 Å². The first-order valence-electron chi connectivity index (χ1n) is 9.97. The van der Waals surface area contributed by atoms with Crippen LogP contribution in [0.5, 0.6) is 0 Å². The van der Waals surface area contributed by atoms with Gasteiger partial charge in [0.15, 0.2) is 0 Å². The smallest absolute Gasteiger partial charge is 0.310 e. The van der Waals surface area contributed by atoms with Crippen LogP contribution in [-0.4, -0.2) is 40.7 Å². The SMILES string of the molecule is Cc1ccc2nc(NCC3=CCC(C(=O)O)C=C3)nc(N3CCCCC3)c2c1. The fraction of sp³-hybridized carbons (Fsp3) is 0.409. The Morgan fingerprint density at radius 1 is 1.25 bits per heavy atom. The Morgan fingerprint density at radius 3 is 2.79 bits per heavy atom. The summed E-state index contributed by atoms with van der Waals surface area (Å²) in [5, 5.41) is 13.5. The predicted molar refractivity (Wildman–Crippen MR) is 112 cm³/mol. The number of piperidine rings is 1. The third-order valence-corrected chi connectivity index (χ3v) is 5.43. The van der Waals surface area contributed by atoms with E-state index in [1.807, 2.05) is 12.2 Å². The van der Waals surface area contributed by atoms with Gasteiger partial charge in [-0.15, -0.1) is 0 Å². The molecule has 1 fully saturated rings. The summed E-state index contributed by atoms with van der Waals surface area (Å²) in [6.45, 7) is 4.74. The van der Waals surface area contributed by atoms with E-state index in [1.165, 1.54) is 24.8 Å². The Hall–Kier alpha value is -2.89. The van der Waals surface area contributed by atoms with Crippen LogP contribution in [0.2, 0.25) is 0 Å². The lowest BCUT2D eigenvalue weighted by atomic mass is 9.97. The average Bonchev–Trinajstić information content (AvgIpc) is 2.72. The zero-order valence-corrected chi connectivity index (χ0v) is 16.2. The van der Waals surface area contributed by atoms with Crippen molar-refractivity contribution in [1.29, 1.82) is 0 Å². The van der Waals surface area contributed by atoms with Crippen molar-refractivity contribution in [2.75, 3.05) is 29.9 Å². The van der Waals surface area contributed by atoms with Crippen LogP contribution >= 0.6 is 0 Å². The van der Waals surface area contributed by atoms with Gasteiger partial charge < -0.3 is 15.3 Å². The molecule has 6 nitrogen and oxygen atoms in total. The van der Waals surface area contributed by atoms with Crippen molar-refractivity contribution in [3.8, 4) is 0 Å². The first kappa shape index (κ1) is 18.5. The number of nitrogens with one attached hydrogen (secondary N) is 1. The number of anilines is 2. The van der Waals surface area contributed by atoms with Gasteiger partial charge in [-0.3, -0.25) is 4.79 Å². The highest BCUT2D eigenvalue weighted by atomic mass is 16.4. The van der Waals surface area contributed by atoms with Gasteiger partial charge in [-0.05, 0) is 50.3 Å².